The molecule has 2 aromatic carbocycles. The number of carbonyl (C=O) groups is 2. The Morgan fingerprint density at radius 1 is 1.14 bits per heavy atom. The molecule has 3 N–H and O–H groups in total. The number of aromatic nitrogens is 2. The zero-order valence-corrected chi connectivity index (χ0v) is 10.8. The van der Waals surface area contributed by atoms with E-state index in [0.717, 1.165) is 11.0 Å². The number of imidazole rings is 1. The van der Waals surface area contributed by atoms with Crippen molar-refractivity contribution in [2.45, 2.75) is 0 Å². The number of nitrogens with one attached hydrogen (secondary N) is 2. The number of anilines is 1. The molecule has 0 spiro atoms. The lowest BCUT2D eigenvalue weighted by molar-refractivity contribution is 0.0698. The van der Waals surface area contributed by atoms with Crippen molar-refractivity contribution < 1.29 is 14.7 Å². The van der Waals surface area contributed by atoms with E-state index in [9.17, 15) is 9.59 Å². The number of hydrogen-bond donors (Lipinski definition) is 3. The smallest absolute Gasteiger partial charge is 0.337 e. The number of para-hydroxylation sites is 1. The lowest BCUT2D eigenvalue weighted by atomic mass is 10.1. The number of carboxylic acid groups (broad SMARTS) is 1. The third-order valence-electron chi connectivity index (χ3n) is 3.09. The number of H-pyrrole nitrogens is 1. The van der Waals surface area contributed by atoms with Crippen molar-refractivity contribution in [1.29, 1.82) is 0 Å². The van der Waals surface area contributed by atoms with Gasteiger partial charge in [-0.25, -0.2) is 9.78 Å². The molecule has 3 rings (SSSR count). The Bertz CT molecular complexity index is 839. The topological polar surface area (TPSA) is 95.1 Å². The highest BCUT2D eigenvalue weighted by Crippen LogP contribution is 2.17. The molecule has 0 radical (unpaired) electrons. The van der Waals surface area contributed by atoms with Gasteiger partial charge in [0.1, 0.15) is 0 Å². The van der Waals surface area contributed by atoms with Gasteiger partial charge in [-0.05, 0) is 30.3 Å². The monoisotopic (exact) mass is 281 g/mol. The SMILES string of the molecule is O=C(Nc1ccccc1C(=O)O)c1ccc2nc[nH]c2c1. The molecule has 0 unspecified atom stereocenters. The van der Waals surface area contributed by atoms with Crippen LogP contribution in [0.4, 0.5) is 5.69 Å². The second kappa shape index (κ2) is 5.09. The van der Waals surface area contributed by atoms with Crippen molar-refractivity contribution >= 4 is 28.6 Å². The summed E-state index contributed by atoms with van der Waals surface area (Å²) in [5.41, 5.74) is 2.24. The molecule has 6 heteroatoms. The molecule has 1 heterocycles. The number of amides is 1. The summed E-state index contributed by atoms with van der Waals surface area (Å²) in [7, 11) is 0. The van der Waals surface area contributed by atoms with Crippen LogP contribution in [0.1, 0.15) is 20.7 Å². The fourth-order valence-electron chi connectivity index (χ4n) is 2.05. The molecule has 0 atom stereocenters. The largest absolute Gasteiger partial charge is 0.478 e. The molecule has 0 saturated carbocycles. The molecule has 3 aromatic rings. The first-order valence-corrected chi connectivity index (χ1v) is 6.22. The number of hydrogen-bond acceptors (Lipinski definition) is 3. The van der Waals surface area contributed by atoms with Crippen molar-refractivity contribution in [2.75, 3.05) is 5.32 Å². The summed E-state index contributed by atoms with van der Waals surface area (Å²) in [6, 6.07) is 11.3. The van der Waals surface area contributed by atoms with Gasteiger partial charge in [0.15, 0.2) is 0 Å². The molecule has 104 valence electrons. The minimum atomic E-state index is -1.09. The lowest BCUT2D eigenvalue weighted by Crippen LogP contribution is -2.14. The normalized spacial score (nSPS) is 10.5. The number of benzene rings is 2. The second-order valence-corrected chi connectivity index (χ2v) is 4.44. The van der Waals surface area contributed by atoms with Gasteiger partial charge in [0.2, 0.25) is 0 Å². The van der Waals surface area contributed by atoms with Gasteiger partial charge in [-0.1, -0.05) is 12.1 Å². The first-order valence-electron chi connectivity index (χ1n) is 6.22. The standard InChI is InChI=1S/C15H11N3O3/c19-14(9-5-6-12-13(7-9)17-8-16-12)18-11-4-2-1-3-10(11)15(20)21/h1-8H,(H,16,17)(H,18,19)(H,20,21). The first-order chi connectivity index (χ1) is 10.1. The molecule has 1 aromatic heterocycles. The highest BCUT2D eigenvalue weighted by atomic mass is 16.4. The molecule has 0 aliphatic carbocycles. The molecule has 21 heavy (non-hydrogen) atoms. The average Bonchev–Trinajstić information content (AvgIpc) is 2.94. The summed E-state index contributed by atoms with van der Waals surface area (Å²) < 4.78 is 0. The molecule has 0 fully saturated rings. The van der Waals surface area contributed by atoms with Crippen LogP contribution < -0.4 is 5.32 Å². The van der Waals surface area contributed by atoms with Crippen LogP contribution in [-0.4, -0.2) is 27.0 Å². The number of aromatic carboxylic acids is 1. The molecule has 1 amide bonds. The van der Waals surface area contributed by atoms with Crippen molar-refractivity contribution in [3.63, 3.8) is 0 Å². The Hall–Kier alpha value is -3.15. The summed E-state index contributed by atoms with van der Waals surface area (Å²) in [5, 5.41) is 11.7. The number of rotatable bonds is 3. The van der Waals surface area contributed by atoms with E-state index in [0.29, 0.717) is 5.56 Å². The van der Waals surface area contributed by atoms with E-state index >= 15 is 0 Å². The molecular weight excluding hydrogens is 270 g/mol. The van der Waals surface area contributed by atoms with E-state index in [1.54, 1.807) is 42.7 Å². The Morgan fingerprint density at radius 2 is 1.95 bits per heavy atom. The van der Waals surface area contributed by atoms with Crippen molar-refractivity contribution in [3.05, 3.63) is 59.9 Å². The van der Waals surface area contributed by atoms with E-state index in [2.05, 4.69) is 15.3 Å². The van der Waals surface area contributed by atoms with Crippen LogP contribution >= 0.6 is 0 Å². The minimum Gasteiger partial charge on any atom is -0.478 e. The quantitative estimate of drug-likeness (QED) is 0.687. The van der Waals surface area contributed by atoms with E-state index < -0.39 is 5.97 Å². The molecule has 0 aliphatic heterocycles. The summed E-state index contributed by atoms with van der Waals surface area (Å²) >= 11 is 0. The number of nitrogens with zero attached hydrogens (tertiary/aromatic N) is 1. The van der Waals surface area contributed by atoms with E-state index in [1.807, 2.05) is 0 Å². The van der Waals surface area contributed by atoms with Gasteiger partial charge >= 0.3 is 5.97 Å². The summed E-state index contributed by atoms with van der Waals surface area (Å²) in [6.07, 6.45) is 1.55. The Labute approximate surface area is 119 Å². The Balaban J connectivity index is 1.91. The number of aromatic amines is 1. The summed E-state index contributed by atoms with van der Waals surface area (Å²) in [6.45, 7) is 0. The second-order valence-electron chi connectivity index (χ2n) is 4.44. The average molecular weight is 281 g/mol. The number of fused-ring (bicyclic) bond motifs is 1. The Morgan fingerprint density at radius 3 is 2.76 bits per heavy atom. The van der Waals surface area contributed by atoms with Gasteiger partial charge < -0.3 is 15.4 Å². The molecule has 0 bridgehead atoms. The fourth-order valence-corrected chi connectivity index (χ4v) is 2.05. The third-order valence-corrected chi connectivity index (χ3v) is 3.09. The molecular formula is C15H11N3O3. The molecule has 0 aliphatic rings. The summed E-state index contributed by atoms with van der Waals surface area (Å²) in [5.74, 6) is -1.46. The molecule has 6 nitrogen and oxygen atoms in total. The van der Waals surface area contributed by atoms with Crippen LogP contribution in [0, 0.1) is 0 Å². The zero-order valence-electron chi connectivity index (χ0n) is 10.8. The van der Waals surface area contributed by atoms with Crippen LogP contribution in [0.3, 0.4) is 0 Å². The van der Waals surface area contributed by atoms with E-state index in [1.165, 1.54) is 6.07 Å². The molecule has 0 saturated heterocycles. The van der Waals surface area contributed by atoms with Gasteiger partial charge in [0.05, 0.1) is 28.6 Å². The van der Waals surface area contributed by atoms with Crippen LogP contribution in [0.2, 0.25) is 0 Å². The first kappa shape index (κ1) is 12.9. The maximum Gasteiger partial charge on any atom is 0.337 e. The van der Waals surface area contributed by atoms with Gasteiger partial charge in [0.25, 0.3) is 5.91 Å². The van der Waals surface area contributed by atoms with Gasteiger partial charge in [-0.3, -0.25) is 4.79 Å². The van der Waals surface area contributed by atoms with Crippen LogP contribution in [0.25, 0.3) is 11.0 Å². The van der Waals surface area contributed by atoms with E-state index in [4.69, 9.17) is 5.11 Å². The predicted octanol–water partition coefficient (Wildman–Crippen LogP) is 2.51. The summed E-state index contributed by atoms with van der Waals surface area (Å²) in [4.78, 5) is 30.3. The Kier molecular flexibility index (Phi) is 3.12. The number of carboxylic acids is 1. The number of carbonyl (C=O) groups excluding carboxylic acids is 1. The van der Waals surface area contributed by atoms with Gasteiger partial charge in [-0.2, -0.15) is 0 Å². The predicted molar refractivity (Wildman–Crippen MR) is 77.4 cm³/mol. The van der Waals surface area contributed by atoms with Gasteiger partial charge in [0, 0.05) is 5.56 Å². The highest BCUT2D eigenvalue weighted by Gasteiger charge is 2.13. The van der Waals surface area contributed by atoms with Crippen molar-refractivity contribution in [3.8, 4) is 0 Å². The highest BCUT2D eigenvalue weighted by molar-refractivity contribution is 6.08. The fraction of sp³-hybridized carbons (Fsp3) is 0. The van der Waals surface area contributed by atoms with Crippen molar-refractivity contribution in [1.82, 2.24) is 9.97 Å². The van der Waals surface area contributed by atoms with Crippen LogP contribution in [0.15, 0.2) is 48.8 Å². The minimum absolute atomic E-state index is 0.0495. The zero-order chi connectivity index (χ0) is 14.8. The maximum atomic E-state index is 12.2. The maximum absolute atomic E-state index is 12.2. The van der Waals surface area contributed by atoms with Gasteiger partial charge in [-0.15, -0.1) is 0 Å². The lowest BCUT2D eigenvalue weighted by Gasteiger charge is -2.08. The van der Waals surface area contributed by atoms with Crippen LogP contribution in [0.5, 0.6) is 0 Å². The third kappa shape index (κ3) is 2.46. The van der Waals surface area contributed by atoms with E-state index in [-0.39, 0.29) is 17.2 Å². The van der Waals surface area contributed by atoms with Crippen molar-refractivity contribution in [2.24, 2.45) is 0 Å². The van der Waals surface area contributed by atoms with Crippen LogP contribution in [-0.2, 0) is 0 Å².